The highest BCUT2D eigenvalue weighted by Gasteiger charge is 2.33. The first-order chi connectivity index (χ1) is 6.23. The fraction of sp³-hybridized carbons (Fsp3) is 0.833. The molecule has 0 N–H and O–H groups in total. The standard InChI is InChI=1S/C12H22O2/c1-11(2,3)9-10(12(4,5)6)14-8-7-13-9/h7-8H2,1-6H3. The van der Waals surface area contributed by atoms with E-state index in [0.29, 0.717) is 13.2 Å². The molecule has 1 rings (SSSR count). The van der Waals surface area contributed by atoms with E-state index in [0.717, 1.165) is 11.5 Å². The van der Waals surface area contributed by atoms with E-state index in [1.165, 1.54) is 0 Å². The predicted molar refractivity (Wildman–Crippen MR) is 57.8 cm³/mol. The maximum atomic E-state index is 5.74. The first-order valence-corrected chi connectivity index (χ1v) is 5.24. The average Bonchev–Trinajstić information content (AvgIpc) is 2.01. The van der Waals surface area contributed by atoms with Gasteiger partial charge in [0.05, 0.1) is 0 Å². The van der Waals surface area contributed by atoms with Crippen LogP contribution in [0.15, 0.2) is 11.5 Å². The molecule has 0 aliphatic carbocycles. The van der Waals surface area contributed by atoms with Crippen LogP contribution in [0.5, 0.6) is 0 Å². The van der Waals surface area contributed by atoms with Gasteiger partial charge in [-0.05, 0) is 0 Å². The van der Waals surface area contributed by atoms with Gasteiger partial charge in [-0.3, -0.25) is 0 Å². The molecular formula is C12H22O2. The summed E-state index contributed by atoms with van der Waals surface area (Å²) < 4.78 is 11.5. The Hall–Kier alpha value is -0.660. The molecule has 0 unspecified atom stereocenters. The molecule has 0 spiro atoms. The van der Waals surface area contributed by atoms with Gasteiger partial charge in [0.15, 0.2) is 0 Å². The fourth-order valence-electron chi connectivity index (χ4n) is 1.53. The van der Waals surface area contributed by atoms with Gasteiger partial charge in [-0.2, -0.15) is 0 Å². The molecule has 0 atom stereocenters. The Balaban J connectivity index is 3.10. The average molecular weight is 198 g/mol. The summed E-state index contributed by atoms with van der Waals surface area (Å²) in [7, 11) is 0. The van der Waals surface area contributed by atoms with Crippen LogP contribution in [0.4, 0.5) is 0 Å². The van der Waals surface area contributed by atoms with Crippen LogP contribution in [-0.4, -0.2) is 13.2 Å². The summed E-state index contributed by atoms with van der Waals surface area (Å²) in [5.41, 5.74) is 0.0616. The Morgan fingerprint density at radius 2 is 1.00 bits per heavy atom. The Morgan fingerprint density at radius 3 is 1.21 bits per heavy atom. The highest BCUT2D eigenvalue weighted by molar-refractivity contribution is 5.16. The van der Waals surface area contributed by atoms with Crippen molar-refractivity contribution in [3.8, 4) is 0 Å². The fourth-order valence-corrected chi connectivity index (χ4v) is 1.53. The Labute approximate surface area is 87.3 Å². The number of allylic oxidation sites excluding steroid dienone is 2. The summed E-state index contributed by atoms with van der Waals surface area (Å²) in [6, 6.07) is 0. The van der Waals surface area contributed by atoms with Crippen LogP contribution in [-0.2, 0) is 9.47 Å². The van der Waals surface area contributed by atoms with Crippen molar-refractivity contribution in [1.29, 1.82) is 0 Å². The molecule has 0 aromatic rings. The number of hydrogen-bond acceptors (Lipinski definition) is 2. The monoisotopic (exact) mass is 198 g/mol. The lowest BCUT2D eigenvalue weighted by Gasteiger charge is -2.35. The van der Waals surface area contributed by atoms with Crippen LogP contribution >= 0.6 is 0 Å². The van der Waals surface area contributed by atoms with Gasteiger partial charge < -0.3 is 9.47 Å². The van der Waals surface area contributed by atoms with E-state index < -0.39 is 0 Å². The largest absolute Gasteiger partial charge is 0.490 e. The van der Waals surface area contributed by atoms with E-state index in [9.17, 15) is 0 Å². The molecule has 0 saturated carbocycles. The lowest BCUT2D eigenvalue weighted by atomic mass is 9.84. The quantitative estimate of drug-likeness (QED) is 0.594. The maximum absolute atomic E-state index is 5.74. The van der Waals surface area contributed by atoms with E-state index in [4.69, 9.17) is 9.47 Å². The lowest BCUT2D eigenvalue weighted by Crippen LogP contribution is -2.28. The molecule has 1 aliphatic rings. The number of ether oxygens (including phenoxy) is 2. The molecule has 0 amide bonds. The zero-order valence-electron chi connectivity index (χ0n) is 10.2. The summed E-state index contributed by atoms with van der Waals surface area (Å²) in [4.78, 5) is 0. The lowest BCUT2D eigenvalue weighted by molar-refractivity contribution is 0.00833. The highest BCUT2D eigenvalue weighted by atomic mass is 16.6. The van der Waals surface area contributed by atoms with Crippen molar-refractivity contribution in [2.75, 3.05) is 13.2 Å². The molecule has 0 aromatic heterocycles. The molecule has 0 aromatic carbocycles. The second-order valence-corrected chi connectivity index (χ2v) is 5.86. The van der Waals surface area contributed by atoms with Gasteiger partial charge in [-0.25, -0.2) is 0 Å². The molecular weight excluding hydrogens is 176 g/mol. The van der Waals surface area contributed by atoms with Gasteiger partial charge in [0.2, 0.25) is 0 Å². The minimum absolute atomic E-state index is 0.0308. The van der Waals surface area contributed by atoms with E-state index in [2.05, 4.69) is 41.5 Å². The zero-order chi connectivity index (χ0) is 11.0. The number of hydrogen-bond donors (Lipinski definition) is 0. The molecule has 14 heavy (non-hydrogen) atoms. The second kappa shape index (κ2) is 3.48. The molecule has 0 fully saturated rings. The molecule has 1 aliphatic heterocycles. The van der Waals surface area contributed by atoms with Crippen molar-refractivity contribution in [3.05, 3.63) is 11.5 Å². The summed E-state index contributed by atoms with van der Waals surface area (Å²) in [5, 5.41) is 0. The molecule has 2 nitrogen and oxygen atoms in total. The summed E-state index contributed by atoms with van der Waals surface area (Å²) in [5.74, 6) is 2.02. The topological polar surface area (TPSA) is 18.5 Å². The van der Waals surface area contributed by atoms with Crippen LogP contribution in [0, 0.1) is 10.8 Å². The third-order valence-corrected chi connectivity index (χ3v) is 2.14. The van der Waals surface area contributed by atoms with E-state index in [1.54, 1.807) is 0 Å². The normalized spacial score (nSPS) is 19.0. The Bertz CT molecular complexity index is 212. The van der Waals surface area contributed by atoms with Crippen molar-refractivity contribution < 1.29 is 9.47 Å². The van der Waals surface area contributed by atoms with Gasteiger partial charge in [0.1, 0.15) is 24.7 Å². The predicted octanol–water partition coefficient (Wildman–Crippen LogP) is 3.34. The van der Waals surface area contributed by atoms with E-state index in [-0.39, 0.29) is 10.8 Å². The van der Waals surface area contributed by atoms with Crippen LogP contribution in [0.2, 0.25) is 0 Å². The molecule has 82 valence electrons. The Morgan fingerprint density at radius 1 is 0.714 bits per heavy atom. The summed E-state index contributed by atoms with van der Waals surface area (Å²) in [6.45, 7) is 14.3. The van der Waals surface area contributed by atoms with Crippen molar-refractivity contribution in [1.82, 2.24) is 0 Å². The van der Waals surface area contributed by atoms with Crippen LogP contribution < -0.4 is 0 Å². The van der Waals surface area contributed by atoms with E-state index in [1.807, 2.05) is 0 Å². The van der Waals surface area contributed by atoms with Gasteiger partial charge >= 0.3 is 0 Å². The van der Waals surface area contributed by atoms with Gasteiger partial charge in [0, 0.05) is 10.8 Å². The van der Waals surface area contributed by atoms with Gasteiger partial charge in [0.25, 0.3) is 0 Å². The second-order valence-electron chi connectivity index (χ2n) is 5.86. The van der Waals surface area contributed by atoms with Crippen LogP contribution in [0.3, 0.4) is 0 Å². The maximum Gasteiger partial charge on any atom is 0.140 e. The first-order valence-electron chi connectivity index (χ1n) is 5.24. The minimum Gasteiger partial charge on any atom is -0.490 e. The van der Waals surface area contributed by atoms with E-state index >= 15 is 0 Å². The molecule has 0 saturated heterocycles. The highest BCUT2D eigenvalue weighted by Crippen LogP contribution is 2.39. The minimum atomic E-state index is 0.0308. The van der Waals surface area contributed by atoms with Crippen molar-refractivity contribution >= 4 is 0 Å². The Kier molecular flexibility index (Phi) is 2.84. The molecule has 1 heterocycles. The summed E-state index contributed by atoms with van der Waals surface area (Å²) >= 11 is 0. The summed E-state index contributed by atoms with van der Waals surface area (Å²) in [6.07, 6.45) is 0. The van der Waals surface area contributed by atoms with Crippen molar-refractivity contribution in [3.63, 3.8) is 0 Å². The third-order valence-electron chi connectivity index (χ3n) is 2.14. The van der Waals surface area contributed by atoms with Crippen molar-refractivity contribution in [2.45, 2.75) is 41.5 Å². The third kappa shape index (κ3) is 2.43. The van der Waals surface area contributed by atoms with Crippen LogP contribution in [0.25, 0.3) is 0 Å². The molecule has 2 heteroatoms. The van der Waals surface area contributed by atoms with Gasteiger partial charge in [-0.15, -0.1) is 0 Å². The first kappa shape index (κ1) is 11.4. The smallest absolute Gasteiger partial charge is 0.140 e. The van der Waals surface area contributed by atoms with Gasteiger partial charge in [-0.1, -0.05) is 41.5 Å². The van der Waals surface area contributed by atoms with Crippen molar-refractivity contribution in [2.24, 2.45) is 10.8 Å². The molecule has 0 bridgehead atoms. The number of rotatable bonds is 0. The molecule has 0 radical (unpaired) electrons. The SMILES string of the molecule is CC(C)(C)C1=C(C(C)(C)C)OCCO1. The van der Waals surface area contributed by atoms with Crippen LogP contribution in [0.1, 0.15) is 41.5 Å². The zero-order valence-corrected chi connectivity index (χ0v) is 10.2.